The number of aromatic nitrogens is 3. The number of fused-ring (bicyclic) bond motifs is 1. The third-order valence-electron chi connectivity index (χ3n) is 3.19. The lowest BCUT2D eigenvalue weighted by Crippen LogP contribution is -2.12. The lowest BCUT2D eigenvalue weighted by molar-refractivity contribution is 0.275. The molecule has 2 aromatic rings. The molecular weight excluding hydrogens is 202 g/mol. The number of hydrogen-bond acceptors (Lipinski definition) is 2. The monoisotopic (exact) mass is 217 g/mol. The molecule has 0 fully saturated rings. The molecule has 0 spiro atoms. The maximum atomic E-state index is 9.32. The van der Waals surface area contributed by atoms with Gasteiger partial charge in [-0.3, -0.25) is 0 Å². The molecular formula is C12H15N3O. The fourth-order valence-electron chi connectivity index (χ4n) is 2.42. The summed E-state index contributed by atoms with van der Waals surface area (Å²) in [6.45, 7) is 1.05. The summed E-state index contributed by atoms with van der Waals surface area (Å²) in [4.78, 5) is 7.71. The van der Waals surface area contributed by atoms with Crippen LogP contribution in [0, 0.1) is 0 Å². The van der Waals surface area contributed by atoms with Crippen LogP contribution in [0.25, 0.3) is 11.5 Å². The number of H-pyrrole nitrogens is 1. The van der Waals surface area contributed by atoms with E-state index in [0.29, 0.717) is 0 Å². The molecule has 0 radical (unpaired) electrons. The molecule has 2 aromatic heterocycles. The number of hydrogen-bond donors (Lipinski definition) is 2. The third-order valence-corrected chi connectivity index (χ3v) is 3.19. The van der Waals surface area contributed by atoms with Crippen LogP contribution in [0.15, 0.2) is 18.3 Å². The number of rotatable bonds is 2. The lowest BCUT2D eigenvalue weighted by atomic mass is 10.1. The number of aliphatic hydroxyl groups is 1. The predicted molar refractivity (Wildman–Crippen MR) is 60.9 cm³/mol. The van der Waals surface area contributed by atoms with Crippen molar-refractivity contribution in [3.63, 3.8) is 0 Å². The maximum Gasteiger partial charge on any atom is 0.157 e. The molecule has 4 nitrogen and oxygen atoms in total. The zero-order chi connectivity index (χ0) is 11.0. The third kappa shape index (κ3) is 1.38. The molecule has 1 aliphatic heterocycles. The van der Waals surface area contributed by atoms with Crippen molar-refractivity contribution in [2.45, 2.75) is 32.4 Å². The second-order valence-corrected chi connectivity index (χ2v) is 4.18. The summed E-state index contributed by atoms with van der Waals surface area (Å²) < 4.78 is 2.24. The number of aliphatic hydroxyl groups excluding tert-OH is 1. The van der Waals surface area contributed by atoms with Crippen LogP contribution in [0.3, 0.4) is 0 Å². The first-order chi connectivity index (χ1) is 7.90. The highest BCUT2D eigenvalue weighted by Gasteiger charge is 2.20. The number of imidazole rings is 1. The van der Waals surface area contributed by atoms with Crippen LogP contribution in [0.2, 0.25) is 0 Å². The molecule has 3 heterocycles. The van der Waals surface area contributed by atoms with E-state index in [4.69, 9.17) is 0 Å². The van der Waals surface area contributed by atoms with Gasteiger partial charge in [0, 0.05) is 18.4 Å². The smallest absolute Gasteiger partial charge is 0.157 e. The molecule has 84 valence electrons. The van der Waals surface area contributed by atoms with Gasteiger partial charge in [-0.05, 0) is 31.4 Å². The molecule has 3 rings (SSSR count). The van der Waals surface area contributed by atoms with Gasteiger partial charge in [-0.1, -0.05) is 0 Å². The van der Waals surface area contributed by atoms with Gasteiger partial charge in [-0.15, -0.1) is 0 Å². The Bertz CT molecular complexity index is 485. The Morgan fingerprint density at radius 1 is 1.44 bits per heavy atom. The Morgan fingerprint density at radius 3 is 3.12 bits per heavy atom. The first-order valence-corrected chi connectivity index (χ1v) is 5.73. The van der Waals surface area contributed by atoms with Crippen molar-refractivity contribution in [1.29, 1.82) is 0 Å². The van der Waals surface area contributed by atoms with E-state index >= 15 is 0 Å². The standard InChI is InChI=1S/C12H15N3O/c16-8-10-11-5-1-2-7-15(11)12(14-10)9-4-3-6-13-9/h3-4,6,13,16H,1-2,5,7-8H2. The minimum Gasteiger partial charge on any atom is -0.390 e. The molecule has 0 aromatic carbocycles. The molecule has 0 unspecified atom stereocenters. The summed E-state index contributed by atoms with van der Waals surface area (Å²) in [6.07, 6.45) is 5.33. The molecule has 0 aliphatic carbocycles. The average Bonchev–Trinajstić information content (AvgIpc) is 2.95. The number of nitrogens with one attached hydrogen (secondary N) is 1. The summed E-state index contributed by atoms with van der Waals surface area (Å²) >= 11 is 0. The first-order valence-electron chi connectivity index (χ1n) is 5.73. The van der Waals surface area contributed by atoms with Crippen LogP contribution in [-0.2, 0) is 19.6 Å². The van der Waals surface area contributed by atoms with Crippen molar-refractivity contribution in [2.75, 3.05) is 0 Å². The molecule has 0 atom stereocenters. The molecule has 0 saturated carbocycles. The molecule has 1 aliphatic rings. The molecule has 0 saturated heterocycles. The summed E-state index contributed by atoms with van der Waals surface area (Å²) in [6, 6.07) is 3.99. The lowest BCUT2D eigenvalue weighted by Gasteiger charge is -2.16. The summed E-state index contributed by atoms with van der Waals surface area (Å²) in [5.74, 6) is 0.962. The fraction of sp³-hybridized carbons (Fsp3) is 0.417. The van der Waals surface area contributed by atoms with Gasteiger partial charge in [-0.25, -0.2) is 4.98 Å². The van der Waals surface area contributed by atoms with Gasteiger partial charge in [0.1, 0.15) is 0 Å². The van der Waals surface area contributed by atoms with Gasteiger partial charge in [0.05, 0.1) is 18.0 Å². The van der Waals surface area contributed by atoms with Crippen LogP contribution in [0.5, 0.6) is 0 Å². The Labute approximate surface area is 93.9 Å². The van der Waals surface area contributed by atoms with Gasteiger partial charge in [0.2, 0.25) is 0 Å². The van der Waals surface area contributed by atoms with Crippen LogP contribution in [0.4, 0.5) is 0 Å². The average molecular weight is 217 g/mol. The second-order valence-electron chi connectivity index (χ2n) is 4.18. The number of aromatic amines is 1. The van der Waals surface area contributed by atoms with E-state index in [-0.39, 0.29) is 6.61 Å². The maximum absolute atomic E-state index is 9.32. The Hall–Kier alpha value is -1.55. The molecule has 0 amide bonds. The summed E-state index contributed by atoms with van der Waals surface area (Å²) in [5, 5.41) is 9.32. The highest BCUT2D eigenvalue weighted by atomic mass is 16.3. The second kappa shape index (κ2) is 3.79. The van der Waals surface area contributed by atoms with Crippen LogP contribution >= 0.6 is 0 Å². The van der Waals surface area contributed by atoms with Crippen molar-refractivity contribution >= 4 is 0 Å². The molecule has 4 heteroatoms. The van der Waals surface area contributed by atoms with Crippen LogP contribution in [-0.4, -0.2) is 19.6 Å². The predicted octanol–water partition coefficient (Wildman–Crippen LogP) is 1.71. The largest absolute Gasteiger partial charge is 0.390 e. The molecule has 16 heavy (non-hydrogen) atoms. The SMILES string of the molecule is OCc1nc(-c2ccc[nH]2)n2c1CCCC2. The van der Waals surface area contributed by atoms with E-state index < -0.39 is 0 Å². The van der Waals surface area contributed by atoms with Gasteiger partial charge in [0.15, 0.2) is 5.82 Å². The molecule has 0 bridgehead atoms. The van der Waals surface area contributed by atoms with E-state index in [1.165, 1.54) is 18.5 Å². The van der Waals surface area contributed by atoms with Crippen molar-refractivity contribution in [2.24, 2.45) is 0 Å². The topological polar surface area (TPSA) is 53.8 Å². The van der Waals surface area contributed by atoms with Gasteiger partial charge < -0.3 is 14.7 Å². The zero-order valence-electron chi connectivity index (χ0n) is 9.11. The van der Waals surface area contributed by atoms with E-state index in [2.05, 4.69) is 14.5 Å². The quantitative estimate of drug-likeness (QED) is 0.804. The minimum absolute atomic E-state index is 0.0377. The van der Waals surface area contributed by atoms with E-state index in [1.54, 1.807) is 0 Å². The fourth-order valence-corrected chi connectivity index (χ4v) is 2.42. The van der Waals surface area contributed by atoms with Crippen molar-refractivity contribution in [3.05, 3.63) is 29.7 Å². The normalized spacial score (nSPS) is 15.1. The van der Waals surface area contributed by atoms with Crippen LogP contribution in [0.1, 0.15) is 24.2 Å². The van der Waals surface area contributed by atoms with Gasteiger partial charge in [0.25, 0.3) is 0 Å². The van der Waals surface area contributed by atoms with E-state index in [1.807, 2.05) is 18.3 Å². The minimum atomic E-state index is 0.0377. The van der Waals surface area contributed by atoms with Crippen molar-refractivity contribution < 1.29 is 5.11 Å². The molecule has 2 N–H and O–H groups in total. The first kappa shape index (κ1) is 9.66. The van der Waals surface area contributed by atoms with Crippen LogP contribution < -0.4 is 0 Å². The van der Waals surface area contributed by atoms with Gasteiger partial charge >= 0.3 is 0 Å². The summed E-state index contributed by atoms with van der Waals surface area (Å²) in [7, 11) is 0. The van der Waals surface area contributed by atoms with Crippen molar-refractivity contribution in [1.82, 2.24) is 14.5 Å². The Kier molecular flexibility index (Phi) is 2.29. The van der Waals surface area contributed by atoms with E-state index in [0.717, 1.165) is 30.2 Å². The Morgan fingerprint density at radius 2 is 2.38 bits per heavy atom. The number of nitrogens with zero attached hydrogens (tertiary/aromatic N) is 2. The van der Waals surface area contributed by atoms with Gasteiger partial charge in [-0.2, -0.15) is 0 Å². The highest BCUT2D eigenvalue weighted by molar-refractivity contribution is 5.52. The zero-order valence-corrected chi connectivity index (χ0v) is 9.11. The Balaban J connectivity index is 2.15. The summed E-state index contributed by atoms with van der Waals surface area (Å²) in [5.41, 5.74) is 3.07. The highest BCUT2D eigenvalue weighted by Crippen LogP contribution is 2.26. The van der Waals surface area contributed by atoms with Crippen molar-refractivity contribution in [3.8, 4) is 11.5 Å². The van der Waals surface area contributed by atoms with E-state index in [9.17, 15) is 5.11 Å².